The van der Waals surface area contributed by atoms with Gasteiger partial charge in [-0.1, -0.05) is 19.4 Å². The molecular formula is C16H22N4. The molecule has 1 N–H and O–H groups in total. The van der Waals surface area contributed by atoms with E-state index in [2.05, 4.69) is 33.2 Å². The lowest BCUT2D eigenvalue weighted by atomic mass is 9.93. The zero-order valence-electron chi connectivity index (χ0n) is 12.0. The van der Waals surface area contributed by atoms with Crippen molar-refractivity contribution in [2.75, 3.05) is 5.32 Å². The van der Waals surface area contributed by atoms with Crippen LogP contribution in [0.5, 0.6) is 0 Å². The Morgan fingerprint density at radius 2 is 2.35 bits per heavy atom. The van der Waals surface area contributed by atoms with Crippen LogP contribution in [0.15, 0.2) is 30.6 Å². The number of anilines is 1. The summed E-state index contributed by atoms with van der Waals surface area (Å²) in [6, 6.07) is 6.47. The van der Waals surface area contributed by atoms with Gasteiger partial charge in [0.25, 0.3) is 0 Å². The minimum atomic E-state index is 0.473. The quantitative estimate of drug-likeness (QED) is 0.908. The van der Waals surface area contributed by atoms with E-state index < -0.39 is 0 Å². The molecule has 2 heterocycles. The molecule has 1 aliphatic rings. The monoisotopic (exact) mass is 270 g/mol. The van der Waals surface area contributed by atoms with Crippen LogP contribution >= 0.6 is 0 Å². The highest BCUT2D eigenvalue weighted by molar-refractivity contribution is 5.36. The topological polar surface area (TPSA) is 42.7 Å². The smallest absolute Gasteiger partial charge is 0.126 e. The number of nitrogens with one attached hydrogen (secondary N) is 1. The molecule has 1 aliphatic carbocycles. The Morgan fingerprint density at radius 1 is 1.40 bits per heavy atom. The minimum absolute atomic E-state index is 0.473. The van der Waals surface area contributed by atoms with Crippen LogP contribution in [0.2, 0.25) is 0 Å². The highest BCUT2D eigenvalue weighted by atomic mass is 15.3. The third-order valence-electron chi connectivity index (χ3n) is 3.97. The average molecular weight is 270 g/mol. The van der Waals surface area contributed by atoms with Gasteiger partial charge in [-0.3, -0.25) is 4.68 Å². The van der Waals surface area contributed by atoms with Crippen molar-refractivity contribution in [1.29, 1.82) is 0 Å². The molecule has 0 saturated heterocycles. The lowest BCUT2D eigenvalue weighted by Crippen LogP contribution is -2.28. The molecule has 0 aliphatic heterocycles. The zero-order chi connectivity index (χ0) is 13.8. The lowest BCUT2D eigenvalue weighted by Gasteiger charge is -2.24. The van der Waals surface area contributed by atoms with Gasteiger partial charge in [0.2, 0.25) is 0 Å². The maximum Gasteiger partial charge on any atom is 0.126 e. The SMILES string of the molecule is CCCCn1ncc2c1CCC(Nc1ccccn1)C2. The van der Waals surface area contributed by atoms with Crippen LogP contribution in [-0.4, -0.2) is 20.8 Å². The molecule has 0 saturated carbocycles. The lowest BCUT2D eigenvalue weighted by molar-refractivity contribution is 0.518. The first-order valence-electron chi connectivity index (χ1n) is 7.58. The predicted molar refractivity (Wildman–Crippen MR) is 80.8 cm³/mol. The van der Waals surface area contributed by atoms with Crippen molar-refractivity contribution >= 4 is 5.82 Å². The first-order valence-corrected chi connectivity index (χ1v) is 7.58. The van der Waals surface area contributed by atoms with E-state index >= 15 is 0 Å². The molecule has 3 rings (SSSR count). The van der Waals surface area contributed by atoms with E-state index in [4.69, 9.17) is 0 Å². The van der Waals surface area contributed by atoms with E-state index in [1.54, 1.807) is 0 Å². The van der Waals surface area contributed by atoms with E-state index in [0.29, 0.717) is 6.04 Å². The number of hydrogen-bond acceptors (Lipinski definition) is 3. The Kier molecular flexibility index (Phi) is 4.00. The van der Waals surface area contributed by atoms with Crippen LogP contribution in [0.3, 0.4) is 0 Å². The summed E-state index contributed by atoms with van der Waals surface area (Å²) in [5.74, 6) is 0.972. The summed E-state index contributed by atoms with van der Waals surface area (Å²) < 4.78 is 2.20. The maximum absolute atomic E-state index is 4.55. The molecule has 0 fully saturated rings. The van der Waals surface area contributed by atoms with E-state index in [0.717, 1.165) is 31.6 Å². The minimum Gasteiger partial charge on any atom is -0.367 e. The first kappa shape index (κ1) is 13.2. The van der Waals surface area contributed by atoms with Gasteiger partial charge in [-0.25, -0.2) is 4.98 Å². The van der Waals surface area contributed by atoms with E-state index in [1.165, 1.54) is 24.1 Å². The number of hydrogen-bond donors (Lipinski definition) is 1. The highest BCUT2D eigenvalue weighted by Gasteiger charge is 2.22. The van der Waals surface area contributed by atoms with Gasteiger partial charge in [-0.2, -0.15) is 5.10 Å². The van der Waals surface area contributed by atoms with Crippen molar-refractivity contribution in [1.82, 2.24) is 14.8 Å². The number of rotatable bonds is 5. The number of aryl methyl sites for hydroxylation is 1. The summed E-state index contributed by atoms with van der Waals surface area (Å²) >= 11 is 0. The fourth-order valence-corrected chi connectivity index (χ4v) is 2.87. The van der Waals surface area contributed by atoms with Crippen LogP contribution < -0.4 is 5.32 Å². The first-order chi connectivity index (χ1) is 9.86. The number of nitrogens with zero attached hydrogens (tertiary/aromatic N) is 3. The zero-order valence-corrected chi connectivity index (χ0v) is 12.0. The summed E-state index contributed by atoms with van der Waals surface area (Å²) in [6.45, 7) is 3.28. The molecule has 2 aromatic rings. The number of pyridine rings is 1. The summed E-state index contributed by atoms with van der Waals surface area (Å²) in [5.41, 5.74) is 2.85. The average Bonchev–Trinajstić information content (AvgIpc) is 2.88. The fourth-order valence-electron chi connectivity index (χ4n) is 2.87. The molecule has 2 aromatic heterocycles. The highest BCUT2D eigenvalue weighted by Crippen LogP contribution is 2.23. The van der Waals surface area contributed by atoms with Crippen LogP contribution in [0.1, 0.15) is 37.4 Å². The van der Waals surface area contributed by atoms with Gasteiger partial charge in [0, 0.05) is 24.5 Å². The molecule has 4 heteroatoms. The second-order valence-corrected chi connectivity index (χ2v) is 5.49. The Balaban J connectivity index is 1.65. The van der Waals surface area contributed by atoms with Gasteiger partial charge < -0.3 is 5.32 Å². The van der Waals surface area contributed by atoms with Crippen molar-refractivity contribution in [2.45, 2.75) is 51.6 Å². The van der Waals surface area contributed by atoms with Gasteiger partial charge in [-0.05, 0) is 43.4 Å². The largest absolute Gasteiger partial charge is 0.367 e. The molecule has 1 atom stereocenters. The summed E-state index contributed by atoms with van der Waals surface area (Å²) in [7, 11) is 0. The van der Waals surface area contributed by atoms with Gasteiger partial charge >= 0.3 is 0 Å². The third kappa shape index (κ3) is 2.84. The van der Waals surface area contributed by atoms with Crippen molar-refractivity contribution in [3.63, 3.8) is 0 Å². The molecule has 4 nitrogen and oxygen atoms in total. The van der Waals surface area contributed by atoms with Crippen molar-refractivity contribution in [3.8, 4) is 0 Å². The van der Waals surface area contributed by atoms with Crippen LogP contribution in [0.4, 0.5) is 5.82 Å². The fraction of sp³-hybridized carbons (Fsp3) is 0.500. The molecule has 0 aromatic carbocycles. The van der Waals surface area contributed by atoms with Crippen LogP contribution in [-0.2, 0) is 19.4 Å². The Hall–Kier alpha value is -1.84. The molecule has 106 valence electrons. The second-order valence-electron chi connectivity index (χ2n) is 5.49. The van der Waals surface area contributed by atoms with Crippen LogP contribution in [0.25, 0.3) is 0 Å². The van der Waals surface area contributed by atoms with Crippen molar-refractivity contribution in [3.05, 3.63) is 41.9 Å². The van der Waals surface area contributed by atoms with E-state index in [1.807, 2.05) is 24.4 Å². The molecule has 0 bridgehead atoms. The van der Waals surface area contributed by atoms with Gasteiger partial charge in [0.15, 0.2) is 0 Å². The standard InChI is InChI=1S/C16H22N4/c1-2-3-10-20-15-8-7-14(11-13(15)12-18-20)19-16-6-4-5-9-17-16/h4-6,9,12,14H,2-3,7-8,10-11H2,1H3,(H,17,19). The second kappa shape index (κ2) is 6.07. The predicted octanol–water partition coefficient (Wildman–Crippen LogP) is 3.05. The molecule has 1 unspecified atom stereocenters. The Morgan fingerprint density at radius 3 is 3.15 bits per heavy atom. The van der Waals surface area contributed by atoms with E-state index in [9.17, 15) is 0 Å². The van der Waals surface area contributed by atoms with Gasteiger partial charge in [0.05, 0.1) is 6.20 Å². The molecule has 0 spiro atoms. The molecule has 0 amide bonds. The Labute approximate surface area is 120 Å². The van der Waals surface area contributed by atoms with Crippen molar-refractivity contribution < 1.29 is 0 Å². The molecular weight excluding hydrogens is 248 g/mol. The number of fused-ring (bicyclic) bond motifs is 1. The summed E-state index contributed by atoms with van der Waals surface area (Å²) in [6.07, 6.45) is 9.64. The summed E-state index contributed by atoms with van der Waals surface area (Å²) in [4.78, 5) is 4.34. The Bertz CT molecular complexity index is 547. The summed E-state index contributed by atoms with van der Waals surface area (Å²) in [5, 5.41) is 8.08. The number of aromatic nitrogens is 3. The van der Waals surface area contributed by atoms with Crippen LogP contribution in [0, 0.1) is 0 Å². The number of unbranched alkanes of at least 4 members (excludes halogenated alkanes) is 1. The molecule has 20 heavy (non-hydrogen) atoms. The molecule has 0 radical (unpaired) electrons. The maximum atomic E-state index is 4.55. The van der Waals surface area contributed by atoms with Gasteiger partial charge in [0.1, 0.15) is 5.82 Å². The third-order valence-corrected chi connectivity index (χ3v) is 3.97. The van der Waals surface area contributed by atoms with Crippen molar-refractivity contribution in [2.24, 2.45) is 0 Å². The normalized spacial score (nSPS) is 17.8. The van der Waals surface area contributed by atoms with E-state index in [-0.39, 0.29) is 0 Å². The van der Waals surface area contributed by atoms with Gasteiger partial charge in [-0.15, -0.1) is 0 Å².